The van der Waals surface area contributed by atoms with Gasteiger partial charge in [-0.15, -0.1) is 0 Å². The molecule has 2 N–H and O–H groups in total. The Hall–Kier alpha value is -1.29. The number of nitrogens with two attached hydrogens (primary N) is 1. The Morgan fingerprint density at radius 3 is 2.88 bits per heavy atom. The van der Waals surface area contributed by atoms with Gasteiger partial charge in [-0.05, 0) is 34.5 Å². The van der Waals surface area contributed by atoms with Crippen molar-refractivity contribution in [2.75, 3.05) is 18.8 Å². The summed E-state index contributed by atoms with van der Waals surface area (Å²) in [6.07, 6.45) is 5.03. The van der Waals surface area contributed by atoms with Crippen molar-refractivity contribution < 1.29 is 4.79 Å². The SMILES string of the molecule is Nc1cccc(C(=O)N2CC=CCC2)c1Br. The van der Waals surface area contributed by atoms with Crippen LogP contribution in [0, 0.1) is 0 Å². The molecule has 1 aromatic rings. The van der Waals surface area contributed by atoms with Crippen LogP contribution in [-0.2, 0) is 0 Å². The van der Waals surface area contributed by atoms with E-state index in [0.29, 0.717) is 22.3 Å². The standard InChI is InChI=1S/C12H13BrN2O/c13-11-9(5-4-6-10(11)14)12(16)15-7-2-1-3-8-15/h1-2,4-6H,3,7-8,14H2. The van der Waals surface area contributed by atoms with Gasteiger partial charge in [0.2, 0.25) is 0 Å². The van der Waals surface area contributed by atoms with Crippen LogP contribution < -0.4 is 5.73 Å². The summed E-state index contributed by atoms with van der Waals surface area (Å²) in [5, 5.41) is 0. The van der Waals surface area contributed by atoms with Crippen LogP contribution in [0.1, 0.15) is 16.8 Å². The normalized spacial score (nSPS) is 15.2. The number of carbonyl (C=O) groups is 1. The third-order valence-corrected chi connectivity index (χ3v) is 3.49. The Kier molecular flexibility index (Phi) is 3.29. The van der Waals surface area contributed by atoms with E-state index in [1.807, 2.05) is 11.0 Å². The predicted molar refractivity (Wildman–Crippen MR) is 68.2 cm³/mol. The monoisotopic (exact) mass is 280 g/mol. The third-order valence-electron chi connectivity index (χ3n) is 2.60. The average Bonchev–Trinajstić information content (AvgIpc) is 2.33. The number of halogens is 1. The fourth-order valence-electron chi connectivity index (χ4n) is 1.71. The third kappa shape index (κ3) is 2.11. The number of anilines is 1. The Balaban J connectivity index is 2.26. The summed E-state index contributed by atoms with van der Waals surface area (Å²) in [5.41, 5.74) is 6.99. The number of hydrogen-bond acceptors (Lipinski definition) is 2. The van der Waals surface area contributed by atoms with Crippen molar-refractivity contribution in [2.24, 2.45) is 0 Å². The predicted octanol–water partition coefficient (Wildman–Crippen LogP) is 2.43. The Bertz CT molecular complexity index is 443. The fourth-order valence-corrected chi connectivity index (χ4v) is 2.15. The molecule has 0 saturated heterocycles. The van der Waals surface area contributed by atoms with Crippen molar-refractivity contribution in [3.8, 4) is 0 Å². The van der Waals surface area contributed by atoms with Crippen molar-refractivity contribution in [1.82, 2.24) is 4.90 Å². The molecule has 16 heavy (non-hydrogen) atoms. The molecule has 0 bridgehead atoms. The highest BCUT2D eigenvalue weighted by Crippen LogP contribution is 2.25. The minimum absolute atomic E-state index is 0.0310. The van der Waals surface area contributed by atoms with E-state index in [1.165, 1.54) is 0 Å². The number of nitrogens with zero attached hydrogens (tertiary/aromatic N) is 1. The average molecular weight is 281 g/mol. The lowest BCUT2D eigenvalue weighted by Crippen LogP contribution is -2.34. The Morgan fingerprint density at radius 2 is 2.19 bits per heavy atom. The summed E-state index contributed by atoms with van der Waals surface area (Å²) in [4.78, 5) is 14.0. The molecule has 3 nitrogen and oxygen atoms in total. The number of rotatable bonds is 1. The highest BCUT2D eigenvalue weighted by molar-refractivity contribution is 9.10. The molecular weight excluding hydrogens is 268 g/mol. The lowest BCUT2D eigenvalue weighted by Gasteiger charge is -2.24. The van der Waals surface area contributed by atoms with Gasteiger partial charge in [0.25, 0.3) is 5.91 Å². The number of hydrogen-bond donors (Lipinski definition) is 1. The molecule has 0 radical (unpaired) electrons. The Morgan fingerprint density at radius 1 is 1.38 bits per heavy atom. The molecule has 0 spiro atoms. The second kappa shape index (κ2) is 4.70. The summed E-state index contributed by atoms with van der Waals surface area (Å²) < 4.78 is 0.689. The number of amides is 1. The summed E-state index contributed by atoms with van der Waals surface area (Å²) in [6.45, 7) is 1.46. The molecule has 0 saturated carbocycles. The van der Waals surface area contributed by atoms with Crippen LogP contribution in [-0.4, -0.2) is 23.9 Å². The van der Waals surface area contributed by atoms with Crippen molar-refractivity contribution in [1.29, 1.82) is 0 Å². The van der Waals surface area contributed by atoms with E-state index in [2.05, 4.69) is 22.0 Å². The summed E-state index contributed by atoms with van der Waals surface area (Å²) in [7, 11) is 0. The van der Waals surface area contributed by atoms with Gasteiger partial charge in [0.05, 0.1) is 10.0 Å². The molecule has 0 atom stereocenters. The molecule has 0 aliphatic carbocycles. The van der Waals surface area contributed by atoms with Gasteiger partial charge in [-0.3, -0.25) is 4.79 Å². The van der Waals surface area contributed by atoms with Crippen molar-refractivity contribution in [2.45, 2.75) is 6.42 Å². The van der Waals surface area contributed by atoms with Gasteiger partial charge in [0.1, 0.15) is 0 Å². The quantitative estimate of drug-likeness (QED) is 0.634. The molecular formula is C12H13BrN2O. The number of benzene rings is 1. The highest BCUT2D eigenvalue weighted by Gasteiger charge is 2.18. The van der Waals surface area contributed by atoms with Gasteiger partial charge in [0, 0.05) is 18.8 Å². The molecule has 1 aromatic carbocycles. The summed E-state index contributed by atoms with van der Waals surface area (Å²) in [5.74, 6) is 0.0310. The largest absolute Gasteiger partial charge is 0.398 e. The lowest BCUT2D eigenvalue weighted by atomic mass is 10.1. The molecule has 84 valence electrons. The molecule has 2 rings (SSSR count). The summed E-state index contributed by atoms with van der Waals surface area (Å²) >= 11 is 3.36. The zero-order chi connectivity index (χ0) is 11.5. The minimum Gasteiger partial charge on any atom is -0.398 e. The van der Waals surface area contributed by atoms with Crippen LogP contribution in [0.25, 0.3) is 0 Å². The first kappa shape index (κ1) is 11.2. The van der Waals surface area contributed by atoms with Gasteiger partial charge >= 0.3 is 0 Å². The van der Waals surface area contributed by atoms with E-state index < -0.39 is 0 Å². The first-order chi connectivity index (χ1) is 7.70. The van der Waals surface area contributed by atoms with E-state index in [-0.39, 0.29) is 5.91 Å². The zero-order valence-corrected chi connectivity index (χ0v) is 10.4. The van der Waals surface area contributed by atoms with Gasteiger partial charge < -0.3 is 10.6 Å². The second-order valence-corrected chi connectivity index (χ2v) is 4.51. The first-order valence-electron chi connectivity index (χ1n) is 5.18. The van der Waals surface area contributed by atoms with Gasteiger partial charge in [-0.25, -0.2) is 0 Å². The molecule has 0 unspecified atom stereocenters. The van der Waals surface area contributed by atoms with Gasteiger partial charge in [-0.2, -0.15) is 0 Å². The van der Waals surface area contributed by atoms with Crippen molar-refractivity contribution in [3.63, 3.8) is 0 Å². The second-order valence-electron chi connectivity index (χ2n) is 3.72. The molecule has 1 aliphatic heterocycles. The molecule has 0 aromatic heterocycles. The van der Waals surface area contributed by atoms with Crippen LogP contribution in [0.2, 0.25) is 0 Å². The van der Waals surface area contributed by atoms with Crippen LogP contribution >= 0.6 is 15.9 Å². The maximum Gasteiger partial charge on any atom is 0.255 e. The molecule has 1 heterocycles. The van der Waals surface area contributed by atoms with Crippen LogP contribution in [0.15, 0.2) is 34.8 Å². The van der Waals surface area contributed by atoms with Crippen molar-refractivity contribution in [3.05, 3.63) is 40.4 Å². The molecule has 0 fully saturated rings. The van der Waals surface area contributed by atoms with E-state index in [4.69, 9.17) is 5.73 Å². The summed E-state index contributed by atoms with van der Waals surface area (Å²) in [6, 6.07) is 5.37. The van der Waals surface area contributed by atoms with E-state index >= 15 is 0 Å². The highest BCUT2D eigenvalue weighted by atomic mass is 79.9. The van der Waals surface area contributed by atoms with Crippen LogP contribution in [0.3, 0.4) is 0 Å². The topological polar surface area (TPSA) is 46.3 Å². The molecule has 4 heteroatoms. The maximum absolute atomic E-state index is 12.2. The maximum atomic E-state index is 12.2. The first-order valence-corrected chi connectivity index (χ1v) is 5.97. The zero-order valence-electron chi connectivity index (χ0n) is 8.82. The van der Waals surface area contributed by atoms with Crippen molar-refractivity contribution >= 4 is 27.5 Å². The van der Waals surface area contributed by atoms with E-state index in [0.717, 1.165) is 13.0 Å². The minimum atomic E-state index is 0.0310. The molecule has 1 amide bonds. The lowest BCUT2D eigenvalue weighted by molar-refractivity contribution is 0.0770. The van der Waals surface area contributed by atoms with E-state index in [9.17, 15) is 4.79 Å². The smallest absolute Gasteiger partial charge is 0.255 e. The van der Waals surface area contributed by atoms with Crippen LogP contribution in [0.4, 0.5) is 5.69 Å². The molecule has 1 aliphatic rings. The number of nitrogen functional groups attached to an aromatic ring is 1. The van der Waals surface area contributed by atoms with E-state index in [1.54, 1.807) is 18.2 Å². The van der Waals surface area contributed by atoms with Gasteiger partial charge in [-0.1, -0.05) is 18.2 Å². The van der Waals surface area contributed by atoms with Crippen LogP contribution in [0.5, 0.6) is 0 Å². The Labute approximate surface area is 103 Å². The van der Waals surface area contributed by atoms with Gasteiger partial charge in [0.15, 0.2) is 0 Å². The fraction of sp³-hybridized carbons (Fsp3) is 0.250. The number of carbonyl (C=O) groups excluding carboxylic acids is 1.